The lowest BCUT2D eigenvalue weighted by Gasteiger charge is -2.20. The Kier molecular flexibility index (Phi) is 3.12. The van der Waals surface area contributed by atoms with Crippen LogP contribution in [-0.2, 0) is 17.6 Å². The molecule has 1 aromatic rings. The fraction of sp³-hybridized carbons (Fsp3) is 0.571. The van der Waals surface area contributed by atoms with Gasteiger partial charge in [-0.1, -0.05) is 17.7 Å². The molecule has 2 aliphatic rings. The smallest absolute Gasteiger partial charge is 0.0700 e. The third kappa shape index (κ3) is 2.35. The Balaban J connectivity index is 1.66. The summed E-state index contributed by atoms with van der Waals surface area (Å²) in [6.45, 7) is 3.05. The molecule has 0 radical (unpaired) electrons. The molecule has 1 aromatic carbocycles. The van der Waals surface area contributed by atoms with Gasteiger partial charge in [-0.3, -0.25) is 0 Å². The molecule has 1 N–H and O–H groups in total. The molecule has 1 aliphatic carbocycles. The van der Waals surface area contributed by atoms with Gasteiger partial charge in [-0.25, -0.2) is 0 Å². The lowest BCUT2D eigenvalue weighted by Crippen LogP contribution is -2.42. The van der Waals surface area contributed by atoms with Crippen LogP contribution in [0, 0.1) is 0 Å². The molecule has 2 nitrogen and oxygen atoms in total. The van der Waals surface area contributed by atoms with Crippen molar-refractivity contribution in [3.05, 3.63) is 34.3 Å². The first kappa shape index (κ1) is 11.5. The first-order valence-corrected chi connectivity index (χ1v) is 6.75. The van der Waals surface area contributed by atoms with Crippen molar-refractivity contribution >= 4 is 11.6 Å². The first-order chi connectivity index (χ1) is 8.22. The molecule has 0 spiro atoms. The predicted octanol–water partition coefficient (Wildman–Crippen LogP) is 2.57. The number of hydrogen-bond donors (Lipinski definition) is 1. The van der Waals surface area contributed by atoms with Crippen molar-refractivity contribution in [1.82, 2.24) is 5.32 Å². The van der Waals surface area contributed by atoms with Gasteiger partial charge >= 0.3 is 0 Å². The van der Waals surface area contributed by atoms with Gasteiger partial charge in [0.05, 0.1) is 6.10 Å². The normalized spacial score (nSPS) is 31.8. The average Bonchev–Trinajstić information content (AvgIpc) is 2.85. The van der Waals surface area contributed by atoms with E-state index >= 15 is 0 Å². The number of benzene rings is 1. The monoisotopic (exact) mass is 251 g/mol. The summed E-state index contributed by atoms with van der Waals surface area (Å²) in [4.78, 5) is 0. The molecule has 3 rings (SSSR count). The van der Waals surface area contributed by atoms with Crippen molar-refractivity contribution in [1.29, 1.82) is 0 Å². The van der Waals surface area contributed by atoms with Gasteiger partial charge in [-0.15, -0.1) is 0 Å². The molecule has 0 aromatic heterocycles. The topological polar surface area (TPSA) is 21.3 Å². The van der Waals surface area contributed by atoms with Gasteiger partial charge in [-0.2, -0.15) is 0 Å². The number of halogens is 1. The number of hydrogen-bond acceptors (Lipinski definition) is 2. The van der Waals surface area contributed by atoms with Gasteiger partial charge in [0.2, 0.25) is 0 Å². The maximum absolute atomic E-state index is 6.02. The zero-order valence-electron chi connectivity index (χ0n) is 10.1. The second-order valence-corrected chi connectivity index (χ2v) is 5.59. The Bertz CT molecular complexity index is 421. The third-order valence-electron chi connectivity index (χ3n) is 3.93. The van der Waals surface area contributed by atoms with Crippen LogP contribution in [0.5, 0.6) is 0 Å². The van der Waals surface area contributed by atoms with E-state index in [0.717, 1.165) is 30.9 Å². The summed E-state index contributed by atoms with van der Waals surface area (Å²) < 4.78 is 5.59. The quantitative estimate of drug-likeness (QED) is 0.873. The van der Waals surface area contributed by atoms with E-state index in [1.807, 2.05) is 6.07 Å². The van der Waals surface area contributed by atoms with Gasteiger partial charge in [0.25, 0.3) is 0 Å². The van der Waals surface area contributed by atoms with Crippen molar-refractivity contribution in [2.45, 2.75) is 44.4 Å². The van der Waals surface area contributed by atoms with Crippen LogP contribution in [0.15, 0.2) is 18.2 Å². The Morgan fingerprint density at radius 1 is 1.29 bits per heavy atom. The zero-order chi connectivity index (χ0) is 11.8. The standard InChI is InChI=1S/C14H18ClNO/c1-9-14(4-5-17-9)16-13-7-10-2-3-12(15)6-11(10)8-13/h2-3,6,9,13-14,16H,4-5,7-8H2,1H3. The molecule has 1 saturated heterocycles. The summed E-state index contributed by atoms with van der Waals surface area (Å²) >= 11 is 6.02. The van der Waals surface area contributed by atoms with Crippen molar-refractivity contribution in [2.75, 3.05) is 6.61 Å². The van der Waals surface area contributed by atoms with Crippen molar-refractivity contribution in [3.63, 3.8) is 0 Å². The van der Waals surface area contributed by atoms with Crippen LogP contribution in [0.1, 0.15) is 24.5 Å². The molecule has 17 heavy (non-hydrogen) atoms. The molecule has 0 saturated carbocycles. The minimum Gasteiger partial charge on any atom is -0.377 e. The summed E-state index contributed by atoms with van der Waals surface area (Å²) in [6.07, 6.45) is 3.70. The molecule has 1 fully saturated rings. The van der Waals surface area contributed by atoms with E-state index in [9.17, 15) is 0 Å². The lowest BCUT2D eigenvalue weighted by molar-refractivity contribution is 0.111. The highest BCUT2D eigenvalue weighted by Crippen LogP contribution is 2.26. The maximum Gasteiger partial charge on any atom is 0.0700 e. The summed E-state index contributed by atoms with van der Waals surface area (Å²) in [6, 6.07) is 7.33. The second kappa shape index (κ2) is 4.60. The Hall–Kier alpha value is -0.570. The van der Waals surface area contributed by atoms with E-state index in [0.29, 0.717) is 18.2 Å². The molecule has 1 aliphatic heterocycles. The van der Waals surface area contributed by atoms with E-state index in [-0.39, 0.29) is 0 Å². The van der Waals surface area contributed by atoms with Crippen LogP contribution in [0.3, 0.4) is 0 Å². The third-order valence-corrected chi connectivity index (χ3v) is 4.16. The van der Waals surface area contributed by atoms with Crippen LogP contribution in [0.25, 0.3) is 0 Å². The van der Waals surface area contributed by atoms with E-state index in [1.54, 1.807) is 0 Å². The SMILES string of the molecule is CC1OCCC1NC1Cc2ccc(Cl)cc2C1. The minimum atomic E-state index is 0.349. The molecule has 1 heterocycles. The van der Waals surface area contributed by atoms with Crippen LogP contribution < -0.4 is 5.32 Å². The minimum absolute atomic E-state index is 0.349. The predicted molar refractivity (Wildman–Crippen MR) is 69.6 cm³/mol. The summed E-state index contributed by atoms with van der Waals surface area (Å²) in [5, 5.41) is 4.57. The number of rotatable bonds is 2. The van der Waals surface area contributed by atoms with Crippen molar-refractivity contribution in [2.24, 2.45) is 0 Å². The molecule has 0 amide bonds. The molecule has 3 unspecified atom stereocenters. The van der Waals surface area contributed by atoms with Crippen LogP contribution >= 0.6 is 11.6 Å². The highest BCUT2D eigenvalue weighted by molar-refractivity contribution is 6.30. The van der Waals surface area contributed by atoms with Gasteiger partial charge in [0.15, 0.2) is 0 Å². The maximum atomic E-state index is 6.02. The summed E-state index contributed by atoms with van der Waals surface area (Å²) in [5.74, 6) is 0. The molecule has 3 atom stereocenters. The van der Waals surface area contributed by atoms with E-state index in [1.165, 1.54) is 11.1 Å². The average molecular weight is 252 g/mol. The number of nitrogens with one attached hydrogen (secondary N) is 1. The molecule has 0 bridgehead atoms. The van der Waals surface area contributed by atoms with E-state index in [2.05, 4.69) is 24.4 Å². The van der Waals surface area contributed by atoms with E-state index < -0.39 is 0 Å². The van der Waals surface area contributed by atoms with Gasteiger partial charge in [-0.05, 0) is 49.4 Å². The summed E-state index contributed by atoms with van der Waals surface area (Å²) in [5.41, 5.74) is 2.85. The molecular weight excluding hydrogens is 234 g/mol. The number of fused-ring (bicyclic) bond motifs is 1. The largest absolute Gasteiger partial charge is 0.377 e. The Morgan fingerprint density at radius 2 is 2.12 bits per heavy atom. The van der Waals surface area contributed by atoms with Crippen LogP contribution in [-0.4, -0.2) is 24.8 Å². The zero-order valence-corrected chi connectivity index (χ0v) is 10.8. The van der Waals surface area contributed by atoms with E-state index in [4.69, 9.17) is 16.3 Å². The fourth-order valence-corrected chi connectivity index (χ4v) is 3.15. The molecule has 3 heteroatoms. The molecular formula is C14H18ClNO. The highest BCUT2D eigenvalue weighted by Gasteiger charge is 2.29. The summed E-state index contributed by atoms with van der Waals surface area (Å²) in [7, 11) is 0. The first-order valence-electron chi connectivity index (χ1n) is 6.37. The Morgan fingerprint density at radius 3 is 2.88 bits per heavy atom. The van der Waals surface area contributed by atoms with Gasteiger partial charge < -0.3 is 10.1 Å². The van der Waals surface area contributed by atoms with Crippen LogP contribution in [0.2, 0.25) is 5.02 Å². The Labute approximate surface area is 107 Å². The van der Waals surface area contributed by atoms with Crippen molar-refractivity contribution in [3.8, 4) is 0 Å². The lowest BCUT2D eigenvalue weighted by atomic mass is 10.1. The van der Waals surface area contributed by atoms with Crippen molar-refractivity contribution < 1.29 is 4.74 Å². The van der Waals surface area contributed by atoms with Gasteiger partial charge in [0, 0.05) is 23.7 Å². The van der Waals surface area contributed by atoms with Gasteiger partial charge in [0.1, 0.15) is 0 Å². The second-order valence-electron chi connectivity index (χ2n) is 5.16. The van der Waals surface area contributed by atoms with Crippen LogP contribution in [0.4, 0.5) is 0 Å². The number of ether oxygens (including phenoxy) is 1. The molecule has 92 valence electrons. The fourth-order valence-electron chi connectivity index (χ4n) is 2.96. The highest BCUT2D eigenvalue weighted by atomic mass is 35.5.